The van der Waals surface area contributed by atoms with Gasteiger partial charge in [0.1, 0.15) is 6.29 Å². The normalized spacial score (nSPS) is 12.3. The Morgan fingerprint density at radius 3 is 2.26 bits per heavy atom. The fraction of sp³-hybridized carbons (Fsp3) is 0.733. The molecule has 0 atom stereocenters. The number of hydrogen-bond acceptors (Lipinski definition) is 3. The number of esters is 1. The van der Waals surface area contributed by atoms with E-state index in [2.05, 4.69) is 19.6 Å². The lowest BCUT2D eigenvalue weighted by Crippen LogP contribution is -2.23. The lowest BCUT2D eigenvalue weighted by molar-refractivity contribution is -0.138. The van der Waals surface area contributed by atoms with Crippen molar-refractivity contribution in [2.24, 2.45) is 0 Å². The zero-order valence-corrected chi connectivity index (χ0v) is 13.8. The number of carbonyl (C=O) groups excluding carboxylic acids is 2. The Labute approximate surface area is 118 Å². The van der Waals surface area contributed by atoms with Crippen LogP contribution in [0.5, 0.6) is 0 Å². The molecule has 110 valence electrons. The summed E-state index contributed by atoms with van der Waals surface area (Å²) in [5, 5.41) is 0. The van der Waals surface area contributed by atoms with E-state index in [1.807, 2.05) is 13.0 Å². The molecule has 0 spiro atoms. The second-order valence-corrected chi connectivity index (χ2v) is 11.5. The second-order valence-electron chi connectivity index (χ2n) is 5.99. The van der Waals surface area contributed by atoms with Crippen LogP contribution in [0.3, 0.4) is 0 Å². The Balaban J connectivity index is 4.31. The summed E-state index contributed by atoms with van der Waals surface area (Å²) in [5.41, 5.74) is 0.844. The van der Waals surface area contributed by atoms with E-state index in [-0.39, 0.29) is 5.97 Å². The van der Waals surface area contributed by atoms with Crippen LogP contribution >= 0.6 is 0 Å². The average Bonchev–Trinajstić information content (AvgIpc) is 2.31. The molecule has 0 aliphatic heterocycles. The first kappa shape index (κ1) is 18.1. The number of carbonyl (C=O) groups is 2. The molecule has 0 aromatic rings. The molecule has 0 saturated heterocycles. The van der Waals surface area contributed by atoms with Gasteiger partial charge in [0.2, 0.25) is 0 Å². The van der Waals surface area contributed by atoms with Gasteiger partial charge in [-0.1, -0.05) is 32.1 Å². The van der Waals surface area contributed by atoms with Crippen LogP contribution in [-0.2, 0) is 14.3 Å². The Bertz CT molecular complexity index is 303. The lowest BCUT2D eigenvalue weighted by Gasteiger charge is -2.17. The van der Waals surface area contributed by atoms with Gasteiger partial charge in [-0.05, 0) is 32.2 Å². The third-order valence-corrected chi connectivity index (χ3v) is 4.12. The van der Waals surface area contributed by atoms with Crippen LogP contribution in [0, 0.1) is 0 Å². The highest BCUT2D eigenvalue weighted by Gasteiger charge is 2.20. The quantitative estimate of drug-likeness (QED) is 0.200. The number of aldehydes is 1. The van der Waals surface area contributed by atoms with Gasteiger partial charge in [0.05, 0.1) is 6.61 Å². The van der Waals surface area contributed by atoms with Crippen molar-refractivity contribution in [1.82, 2.24) is 0 Å². The predicted molar refractivity (Wildman–Crippen MR) is 82.0 cm³/mol. The third kappa shape index (κ3) is 10.7. The van der Waals surface area contributed by atoms with Crippen LogP contribution in [0.25, 0.3) is 0 Å². The maximum absolute atomic E-state index is 11.9. The standard InChI is InChI=1S/C15H28O3Si/c1-5-18-15(17)14(13-19(2,3)4)11-9-7-6-8-10-12-16/h11-12H,5-10,13H2,1-4H3/b14-11+. The summed E-state index contributed by atoms with van der Waals surface area (Å²) in [5.74, 6) is -0.155. The van der Waals surface area contributed by atoms with E-state index in [4.69, 9.17) is 4.74 Å². The molecule has 19 heavy (non-hydrogen) atoms. The van der Waals surface area contributed by atoms with E-state index < -0.39 is 8.07 Å². The summed E-state index contributed by atoms with van der Waals surface area (Å²) < 4.78 is 5.11. The largest absolute Gasteiger partial charge is 0.463 e. The summed E-state index contributed by atoms with van der Waals surface area (Å²) >= 11 is 0. The van der Waals surface area contributed by atoms with Crippen molar-refractivity contribution in [3.63, 3.8) is 0 Å². The zero-order valence-electron chi connectivity index (χ0n) is 12.8. The molecule has 3 nitrogen and oxygen atoms in total. The lowest BCUT2D eigenvalue weighted by atomic mass is 10.1. The van der Waals surface area contributed by atoms with Crippen LogP contribution in [-0.4, -0.2) is 26.9 Å². The van der Waals surface area contributed by atoms with Gasteiger partial charge >= 0.3 is 5.97 Å². The summed E-state index contributed by atoms with van der Waals surface area (Å²) in [4.78, 5) is 22.1. The van der Waals surface area contributed by atoms with Gasteiger partial charge in [0.25, 0.3) is 0 Å². The fourth-order valence-corrected chi connectivity index (χ4v) is 3.28. The molecule has 0 fully saturated rings. The smallest absolute Gasteiger partial charge is 0.333 e. The topological polar surface area (TPSA) is 43.4 Å². The Kier molecular flexibility index (Phi) is 9.48. The van der Waals surface area contributed by atoms with E-state index in [0.717, 1.165) is 43.6 Å². The number of ether oxygens (including phenoxy) is 1. The van der Waals surface area contributed by atoms with Gasteiger partial charge in [-0.2, -0.15) is 0 Å². The molecule has 0 aliphatic rings. The van der Waals surface area contributed by atoms with E-state index in [9.17, 15) is 9.59 Å². The average molecular weight is 284 g/mol. The molecular formula is C15H28O3Si. The van der Waals surface area contributed by atoms with Crippen molar-refractivity contribution in [1.29, 1.82) is 0 Å². The monoisotopic (exact) mass is 284 g/mol. The zero-order chi connectivity index (χ0) is 14.7. The van der Waals surface area contributed by atoms with Gasteiger partial charge in [-0.15, -0.1) is 0 Å². The predicted octanol–water partition coefficient (Wildman–Crippen LogP) is 3.96. The van der Waals surface area contributed by atoms with Crippen LogP contribution < -0.4 is 0 Å². The number of allylic oxidation sites excluding steroid dienone is 1. The summed E-state index contributed by atoms with van der Waals surface area (Å²) in [7, 11) is -1.31. The summed E-state index contributed by atoms with van der Waals surface area (Å²) in [6.45, 7) is 9.03. The van der Waals surface area contributed by atoms with Crippen molar-refractivity contribution in [2.45, 2.75) is 64.7 Å². The van der Waals surface area contributed by atoms with Crippen molar-refractivity contribution >= 4 is 20.3 Å². The molecule has 0 N–H and O–H groups in total. The molecular weight excluding hydrogens is 256 g/mol. The Hall–Kier alpha value is -0.903. The van der Waals surface area contributed by atoms with Gasteiger partial charge in [0.15, 0.2) is 0 Å². The first-order chi connectivity index (χ1) is 8.90. The van der Waals surface area contributed by atoms with Crippen molar-refractivity contribution in [2.75, 3.05) is 6.61 Å². The van der Waals surface area contributed by atoms with Gasteiger partial charge < -0.3 is 9.53 Å². The fourth-order valence-electron chi connectivity index (χ4n) is 1.85. The Morgan fingerprint density at radius 1 is 1.11 bits per heavy atom. The molecule has 0 aromatic carbocycles. The molecule has 0 bridgehead atoms. The second kappa shape index (κ2) is 9.95. The highest BCUT2D eigenvalue weighted by molar-refractivity contribution is 6.77. The highest BCUT2D eigenvalue weighted by Crippen LogP contribution is 2.19. The van der Waals surface area contributed by atoms with Crippen LogP contribution in [0.15, 0.2) is 11.6 Å². The van der Waals surface area contributed by atoms with Gasteiger partial charge in [-0.25, -0.2) is 4.79 Å². The van der Waals surface area contributed by atoms with E-state index in [1.165, 1.54) is 0 Å². The molecule has 0 unspecified atom stereocenters. The third-order valence-electron chi connectivity index (χ3n) is 2.68. The molecule has 0 amide bonds. The van der Waals surface area contributed by atoms with Crippen molar-refractivity contribution < 1.29 is 14.3 Å². The van der Waals surface area contributed by atoms with Crippen LogP contribution in [0.2, 0.25) is 25.7 Å². The molecule has 0 heterocycles. The number of hydrogen-bond donors (Lipinski definition) is 0. The maximum Gasteiger partial charge on any atom is 0.333 e. The molecule has 0 saturated carbocycles. The van der Waals surface area contributed by atoms with Gasteiger partial charge in [-0.3, -0.25) is 0 Å². The maximum atomic E-state index is 11.9. The highest BCUT2D eigenvalue weighted by atomic mass is 28.3. The number of rotatable bonds is 10. The number of unbranched alkanes of at least 4 members (excludes halogenated alkanes) is 4. The van der Waals surface area contributed by atoms with E-state index in [1.54, 1.807) is 0 Å². The minimum absolute atomic E-state index is 0.155. The molecule has 0 aromatic heterocycles. The SMILES string of the molecule is CCOC(=O)/C(=C/CCCCCC=O)C[Si](C)(C)C. The Morgan fingerprint density at radius 2 is 1.74 bits per heavy atom. The molecule has 0 aliphatic carbocycles. The van der Waals surface area contributed by atoms with Gasteiger partial charge in [0, 0.05) is 20.1 Å². The minimum Gasteiger partial charge on any atom is -0.463 e. The minimum atomic E-state index is -1.31. The molecule has 0 radical (unpaired) electrons. The molecule has 0 rings (SSSR count). The van der Waals surface area contributed by atoms with Crippen LogP contribution in [0.1, 0.15) is 39.0 Å². The molecule has 4 heteroatoms. The summed E-state index contributed by atoms with van der Waals surface area (Å²) in [6.07, 6.45) is 7.56. The van der Waals surface area contributed by atoms with Crippen LogP contribution in [0.4, 0.5) is 0 Å². The summed E-state index contributed by atoms with van der Waals surface area (Å²) in [6, 6.07) is 0.875. The van der Waals surface area contributed by atoms with E-state index >= 15 is 0 Å². The van der Waals surface area contributed by atoms with E-state index in [0.29, 0.717) is 13.0 Å². The van der Waals surface area contributed by atoms with Crippen molar-refractivity contribution in [3.05, 3.63) is 11.6 Å². The first-order valence-electron chi connectivity index (χ1n) is 7.20. The van der Waals surface area contributed by atoms with Crippen molar-refractivity contribution in [3.8, 4) is 0 Å². The first-order valence-corrected chi connectivity index (χ1v) is 10.9.